The Labute approximate surface area is 215 Å². The van der Waals surface area contributed by atoms with Gasteiger partial charge in [0, 0.05) is 38.5 Å². The fourth-order valence-electron chi connectivity index (χ4n) is 2.89. The second-order valence-electron chi connectivity index (χ2n) is 9.57. The lowest BCUT2D eigenvalue weighted by molar-refractivity contribution is -0.198. The molecule has 5 fully saturated rings. The molecule has 0 bridgehead atoms. The first-order valence-corrected chi connectivity index (χ1v) is 11.8. The number of rotatable bonds is 4. The van der Waals surface area contributed by atoms with E-state index in [0.717, 1.165) is 25.7 Å². The molecule has 2 aliphatic carbocycles. The molecule has 16 heteroatoms. The van der Waals surface area contributed by atoms with Crippen molar-refractivity contribution in [3.8, 4) is 0 Å². The van der Waals surface area contributed by atoms with Crippen LogP contribution in [0.2, 0.25) is 0 Å². The van der Waals surface area contributed by atoms with Crippen molar-refractivity contribution in [2.75, 3.05) is 0 Å². The van der Waals surface area contributed by atoms with E-state index >= 15 is 0 Å². The maximum Gasteiger partial charge on any atom is 0.560 e. The lowest BCUT2D eigenvalue weighted by atomic mass is 10.4. The predicted molar refractivity (Wildman–Crippen MR) is 116 cm³/mol. The van der Waals surface area contributed by atoms with E-state index in [2.05, 4.69) is 14.5 Å². The molecule has 0 aromatic rings. The summed E-state index contributed by atoms with van der Waals surface area (Å²) in [7, 11) is 0. The second kappa shape index (κ2) is 11.1. The molecule has 1 N–H and O–H groups in total. The van der Waals surface area contributed by atoms with Crippen LogP contribution in [0, 0.1) is 0 Å². The molecule has 0 aromatic heterocycles. The summed E-state index contributed by atoms with van der Waals surface area (Å²) in [5, 5.41) is 9.63. The van der Waals surface area contributed by atoms with Gasteiger partial charge in [-0.3, -0.25) is 43.3 Å². The molecule has 3 saturated heterocycles. The molecule has 0 spiro atoms. The summed E-state index contributed by atoms with van der Waals surface area (Å²) in [6.07, 6.45) is 1.03. The van der Waals surface area contributed by atoms with Crippen LogP contribution < -0.4 is 0 Å². The van der Waals surface area contributed by atoms with Crippen LogP contribution in [-0.2, 0) is 48.0 Å². The zero-order valence-corrected chi connectivity index (χ0v) is 20.8. The average Bonchev–Trinajstić information content (AvgIpc) is 3.65. The maximum absolute atomic E-state index is 11.2. The maximum atomic E-state index is 11.2. The first kappa shape index (κ1) is 28.5. The van der Waals surface area contributed by atoms with Gasteiger partial charge in [-0.05, 0) is 39.5 Å². The number of carbonyl (C=O) groups is 8. The Bertz CT molecular complexity index is 971. The lowest BCUT2D eigenvalue weighted by Crippen LogP contribution is -2.37. The Morgan fingerprint density at radius 3 is 1.08 bits per heavy atom. The largest absolute Gasteiger partial charge is 0.560 e. The first-order chi connectivity index (χ1) is 17.7. The second-order valence-corrected chi connectivity index (χ2v) is 9.57. The summed E-state index contributed by atoms with van der Waals surface area (Å²) in [6, 6.07) is 0. The number of carbonyl (C=O) groups excluding carboxylic acids is 8. The molecule has 0 radical (unpaired) electrons. The molecule has 6 amide bonds. The van der Waals surface area contributed by atoms with Crippen LogP contribution in [0.3, 0.4) is 0 Å². The number of aliphatic hydroxyl groups is 1. The Morgan fingerprint density at radius 2 is 0.842 bits per heavy atom. The minimum absolute atomic E-state index is 0.0618. The lowest BCUT2D eigenvalue weighted by Gasteiger charge is -2.15. The van der Waals surface area contributed by atoms with E-state index in [1.54, 1.807) is 6.92 Å². The fourth-order valence-corrected chi connectivity index (χ4v) is 2.89. The molecular formula is C22H27N3O13. The highest BCUT2D eigenvalue weighted by Crippen LogP contribution is 2.39. The first-order valence-electron chi connectivity index (χ1n) is 11.8. The third-order valence-electron chi connectivity index (χ3n) is 5.77. The minimum atomic E-state index is -1.48. The van der Waals surface area contributed by atoms with Gasteiger partial charge in [0.25, 0.3) is 35.4 Å². The fraction of sp³-hybridized carbons (Fsp3) is 0.636. The highest BCUT2D eigenvalue weighted by Gasteiger charge is 2.44. The smallest absolute Gasteiger partial charge is 0.426 e. The van der Waals surface area contributed by atoms with Crippen LogP contribution in [-0.4, -0.2) is 79.3 Å². The summed E-state index contributed by atoms with van der Waals surface area (Å²) in [5.41, 5.74) is -0.719. The van der Waals surface area contributed by atoms with Crippen LogP contribution in [0.4, 0.5) is 9.59 Å². The van der Waals surface area contributed by atoms with Crippen molar-refractivity contribution in [2.45, 2.75) is 89.3 Å². The van der Waals surface area contributed by atoms with Crippen molar-refractivity contribution in [3.63, 3.8) is 0 Å². The number of hydrogen-bond donors (Lipinski definition) is 1. The average molecular weight is 541 g/mol. The Morgan fingerprint density at radius 1 is 0.579 bits per heavy atom. The summed E-state index contributed by atoms with van der Waals surface area (Å²) in [5.74, 6) is -3.74. The van der Waals surface area contributed by atoms with E-state index in [1.807, 2.05) is 6.92 Å². The third kappa shape index (κ3) is 7.96. The van der Waals surface area contributed by atoms with Gasteiger partial charge in [-0.15, -0.1) is 0 Å². The number of hydrogen-bond acceptors (Lipinski definition) is 13. The Balaban J connectivity index is 0.000000180. The standard InChI is InChI=1S/C9H8N2O7.C9H11NO5.C4H8O/c12-5-1-2-6(13)10(5)17-9(16)18-11-7(14)3-4-8(11)15;1-9(4-5-9)14-8(13)15-10-6(11)2-3-7(10)12;1-4(5)2-3-4/h1-4H2;2-5H2,1H3;5H,2-3H2,1H3. The molecule has 0 aromatic carbocycles. The molecule has 3 aliphatic heterocycles. The van der Waals surface area contributed by atoms with Gasteiger partial charge in [-0.25, -0.2) is 4.79 Å². The highest BCUT2D eigenvalue weighted by molar-refractivity contribution is 6.03. The van der Waals surface area contributed by atoms with Gasteiger partial charge in [-0.1, -0.05) is 15.2 Å². The molecule has 3 heterocycles. The van der Waals surface area contributed by atoms with Crippen molar-refractivity contribution in [2.24, 2.45) is 0 Å². The number of nitrogens with zero attached hydrogens (tertiary/aromatic N) is 3. The highest BCUT2D eigenvalue weighted by atomic mass is 16.9. The quantitative estimate of drug-likeness (QED) is 0.382. The summed E-state index contributed by atoms with van der Waals surface area (Å²) in [6.45, 7) is 3.62. The van der Waals surface area contributed by atoms with Gasteiger partial charge >= 0.3 is 12.3 Å². The number of amides is 6. The normalized spacial score (nSPS) is 22.3. The van der Waals surface area contributed by atoms with E-state index in [1.165, 1.54) is 0 Å². The van der Waals surface area contributed by atoms with Crippen molar-refractivity contribution in [1.29, 1.82) is 0 Å². The molecule has 5 aliphatic rings. The molecule has 0 atom stereocenters. The van der Waals surface area contributed by atoms with E-state index in [0.29, 0.717) is 5.06 Å². The molecule has 0 unspecified atom stereocenters. The monoisotopic (exact) mass is 541 g/mol. The van der Waals surface area contributed by atoms with Crippen LogP contribution in [0.5, 0.6) is 0 Å². The summed E-state index contributed by atoms with van der Waals surface area (Å²) >= 11 is 0. The van der Waals surface area contributed by atoms with E-state index < -0.39 is 53.4 Å². The van der Waals surface area contributed by atoms with E-state index in [-0.39, 0.29) is 54.3 Å². The van der Waals surface area contributed by atoms with Crippen LogP contribution in [0.1, 0.15) is 78.1 Å². The van der Waals surface area contributed by atoms with Gasteiger partial charge in [0.2, 0.25) is 0 Å². The van der Waals surface area contributed by atoms with E-state index in [9.17, 15) is 38.4 Å². The molecule has 38 heavy (non-hydrogen) atoms. The van der Waals surface area contributed by atoms with Gasteiger partial charge in [-0.2, -0.15) is 4.79 Å². The summed E-state index contributed by atoms with van der Waals surface area (Å²) < 4.78 is 4.90. The number of hydroxylamine groups is 6. The minimum Gasteiger partial charge on any atom is -0.426 e. The van der Waals surface area contributed by atoms with Crippen LogP contribution in [0.15, 0.2) is 0 Å². The van der Waals surface area contributed by atoms with Gasteiger partial charge in [0.15, 0.2) is 0 Å². The predicted octanol–water partition coefficient (Wildman–Crippen LogP) is 0.555. The zero-order valence-electron chi connectivity index (χ0n) is 20.8. The topological polar surface area (TPSA) is 203 Å². The van der Waals surface area contributed by atoms with E-state index in [4.69, 9.17) is 9.84 Å². The number of ether oxygens (including phenoxy) is 1. The third-order valence-corrected chi connectivity index (χ3v) is 5.77. The number of imide groups is 3. The molecule has 2 saturated carbocycles. The molecular weight excluding hydrogens is 514 g/mol. The Hall–Kier alpha value is -4.08. The van der Waals surface area contributed by atoms with Crippen molar-refractivity contribution < 1.29 is 62.7 Å². The zero-order chi connectivity index (χ0) is 28.3. The van der Waals surface area contributed by atoms with Gasteiger partial charge < -0.3 is 9.84 Å². The molecule has 208 valence electrons. The van der Waals surface area contributed by atoms with Crippen LogP contribution >= 0.6 is 0 Å². The van der Waals surface area contributed by atoms with Gasteiger partial charge in [0.05, 0.1) is 5.60 Å². The van der Waals surface area contributed by atoms with Crippen molar-refractivity contribution in [1.82, 2.24) is 15.2 Å². The SMILES string of the molecule is CC1(O)CC1.CC1(OC(=O)ON2C(=O)CCC2=O)CC1.O=C(ON1C(=O)CCC1=O)ON1C(=O)CCC1=O. The Kier molecular flexibility index (Phi) is 8.34. The molecule has 16 nitrogen and oxygen atoms in total. The van der Waals surface area contributed by atoms with Crippen molar-refractivity contribution in [3.05, 3.63) is 0 Å². The van der Waals surface area contributed by atoms with Crippen molar-refractivity contribution >= 4 is 47.8 Å². The summed E-state index contributed by atoms with van der Waals surface area (Å²) in [4.78, 5) is 102. The molecule has 5 rings (SSSR count). The van der Waals surface area contributed by atoms with Gasteiger partial charge in [0.1, 0.15) is 5.60 Å². The van der Waals surface area contributed by atoms with Crippen LogP contribution in [0.25, 0.3) is 0 Å².